The van der Waals surface area contributed by atoms with E-state index in [-0.39, 0.29) is 5.60 Å². The molecule has 17 heavy (non-hydrogen) atoms. The minimum absolute atomic E-state index is 0.0497. The zero-order valence-corrected chi connectivity index (χ0v) is 11.7. The van der Waals surface area contributed by atoms with Crippen LogP contribution in [0.25, 0.3) is 0 Å². The Balaban J connectivity index is 1.63. The van der Waals surface area contributed by atoms with Crippen molar-refractivity contribution < 1.29 is 9.47 Å². The maximum Gasteiger partial charge on any atom is 0.0951 e. The molecule has 2 saturated heterocycles. The van der Waals surface area contributed by atoms with E-state index >= 15 is 0 Å². The highest BCUT2D eigenvalue weighted by Crippen LogP contribution is 2.32. The van der Waals surface area contributed by atoms with Gasteiger partial charge in [0, 0.05) is 25.7 Å². The van der Waals surface area contributed by atoms with Crippen molar-refractivity contribution in [1.29, 1.82) is 0 Å². The highest BCUT2D eigenvalue weighted by Gasteiger charge is 2.40. The number of hydrogen-bond donors (Lipinski definition) is 1. The Bertz CT molecular complexity index is 219. The van der Waals surface area contributed by atoms with Gasteiger partial charge in [0.15, 0.2) is 0 Å². The van der Waals surface area contributed by atoms with Crippen LogP contribution in [0.4, 0.5) is 0 Å². The van der Waals surface area contributed by atoms with E-state index in [4.69, 9.17) is 9.47 Å². The van der Waals surface area contributed by atoms with Crippen LogP contribution in [-0.4, -0.2) is 49.5 Å². The van der Waals surface area contributed by atoms with E-state index in [9.17, 15) is 0 Å². The second-order valence-corrected chi connectivity index (χ2v) is 6.42. The monoisotopic (exact) mass is 259 g/mol. The first-order valence-corrected chi connectivity index (χ1v) is 8.03. The van der Waals surface area contributed by atoms with Crippen LogP contribution in [0.1, 0.15) is 32.6 Å². The molecule has 0 aromatic heterocycles. The van der Waals surface area contributed by atoms with Gasteiger partial charge in [-0.3, -0.25) is 0 Å². The highest BCUT2D eigenvalue weighted by atomic mass is 32.2. The third-order valence-electron chi connectivity index (χ3n) is 3.66. The predicted molar refractivity (Wildman–Crippen MR) is 72.8 cm³/mol. The summed E-state index contributed by atoms with van der Waals surface area (Å²) in [6, 6.07) is 0.636. The second kappa shape index (κ2) is 6.98. The summed E-state index contributed by atoms with van der Waals surface area (Å²) in [4.78, 5) is 0. The van der Waals surface area contributed by atoms with Gasteiger partial charge in [0.2, 0.25) is 0 Å². The van der Waals surface area contributed by atoms with E-state index in [1.54, 1.807) is 0 Å². The first-order chi connectivity index (χ1) is 8.35. The zero-order chi connectivity index (χ0) is 12.0. The average molecular weight is 259 g/mol. The van der Waals surface area contributed by atoms with Gasteiger partial charge in [0.25, 0.3) is 0 Å². The lowest BCUT2D eigenvalue weighted by molar-refractivity contribution is -0.0892. The summed E-state index contributed by atoms with van der Waals surface area (Å²) in [5, 5.41) is 3.68. The molecule has 0 amide bonds. The SMILES string of the molecule is CCSCCCNC1CCOC2(CCOC2)C1. The van der Waals surface area contributed by atoms with Crippen LogP contribution in [0.5, 0.6) is 0 Å². The Morgan fingerprint density at radius 2 is 2.35 bits per heavy atom. The van der Waals surface area contributed by atoms with E-state index in [0.717, 1.165) is 45.6 Å². The first-order valence-electron chi connectivity index (χ1n) is 6.87. The third-order valence-corrected chi connectivity index (χ3v) is 4.65. The molecule has 0 aliphatic carbocycles. The molecule has 100 valence electrons. The van der Waals surface area contributed by atoms with Gasteiger partial charge < -0.3 is 14.8 Å². The maximum absolute atomic E-state index is 5.93. The minimum Gasteiger partial charge on any atom is -0.378 e. The summed E-state index contributed by atoms with van der Waals surface area (Å²) in [6.45, 7) is 5.94. The van der Waals surface area contributed by atoms with E-state index in [0.29, 0.717) is 6.04 Å². The van der Waals surface area contributed by atoms with Gasteiger partial charge in [-0.05, 0) is 37.3 Å². The Labute approximate surface area is 109 Å². The predicted octanol–water partition coefficient (Wildman–Crippen LogP) is 2.06. The quantitative estimate of drug-likeness (QED) is 0.740. The fourth-order valence-corrected chi connectivity index (χ4v) is 3.33. The summed E-state index contributed by atoms with van der Waals surface area (Å²) in [5.41, 5.74) is 0.0497. The van der Waals surface area contributed by atoms with Gasteiger partial charge in [-0.1, -0.05) is 6.92 Å². The number of thioether (sulfide) groups is 1. The Hall–Kier alpha value is 0.230. The van der Waals surface area contributed by atoms with E-state index in [1.807, 2.05) is 11.8 Å². The van der Waals surface area contributed by atoms with Crippen LogP contribution in [0.3, 0.4) is 0 Å². The Kier molecular flexibility index (Phi) is 5.60. The molecule has 2 aliphatic heterocycles. The molecule has 0 bridgehead atoms. The third kappa shape index (κ3) is 4.12. The molecule has 0 saturated carbocycles. The lowest BCUT2D eigenvalue weighted by atomic mass is 9.90. The first kappa shape index (κ1) is 13.7. The van der Waals surface area contributed by atoms with Gasteiger partial charge in [-0.25, -0.2) is 0 Å². The molecule has 2 aliphatic rings. The van der Waals surface area contributed by atoms with Gasteiger partial charge in [-0.2, -0.15) is 11.8 Å². The fourth-order valence-electron chi connectivity index (χ4n) is 2.69. The van der Waals surface area contributed by atoms with E-state index < -0.39 is 0 Å². The summed E-state index contributed by atoms with van der Waals surface area (Å²) < 4.78 is 11.4. The molecular formula is C13H25NO2S. The van der Waals surface area contributed by atoms with Gasteiger partial charge >= 0.3 is 0 Å². The van der Waals surface area contributed by atoms with Crippen LogP contribution in [-0.2, 0) is 9.47 Å². The standard InChI is InChI=1S/C13H25NO2S/c1-2-17-9-3-6-14-12-4-7-16-13(10-12)5-8-15-11-13/h12,14H,2-11H2,1H3. The smallest absolute Gasteiger partial charge is 0.0951 e. The molecule has 0 aromatic rings. The van der Waals surface area contributed by atoms with Crippen molar-refractivity contribution in [2.45, 2.75) is 44.2 Å². The lowest BCUT2D eigenvalue weighted by Gasteiger charge is -2.37. The van der Waals surface area contributed by atoms with E-state index in [2.05, 4.69) is 12.2 Å². The minimum atomic E-state index is 0.0497. The van der Waals surface area contributed by atoms with Crippen LogP contribution >= 0.6 is 11.8 Å². The normalized spacial score (nSPS) is 33.4. The van der Waals surface area contributed by atoms with Gasteiger partial charge in [0.05, 0.1) is 12.2 Å². The summed E-state index contributed by atoms with van der Waals surface area (Å²) >= 11 is 2.03. The molecular weight excluding hydrogens is 234 g/mol. The maximum atomic E-state index is 5.93. The summed E-state index contributed by atoms with van der Waals surface area (Å²) in [6.07, 6.45) is 4.65. The zero-order valence-electron chi connectivity index (χ0n) is 10.9. The molecule has 1 N–H and O–H groups in total. The Morgan fingerprint density at radius 3 is 3.12 bits per heavy atom. The number of hydrogen-bond acceptors (Lipinski definition) is 4. The lowest BCUT2D eigenvalue weighted by Crippen LogP contribution is -2.47. The molecule has 3 nitrogen and oxygen atoms in total. The second-order valence-electron chi connectivity index (χ2n) is 5.03. The van der Waals surface area contributed by atoms with Crippen LogP contribution in [0.2, 0.25) is 0 Å². The van der Waals surface area contributed by atoms with Crippen molar-refractivity contribution in [2.24, 2.45) is 0 Å². The molecule has 2 heterocycles. The Morgan fingerprint density at radius 1 is 1.41 bits per heavy atom. The van der Waals surface area contributed by atoms with Gasteiger partial charge in [-0.15, -0.1) is 0 Å². The summed E-state index contributed by atoms with van der Waals surface area (Å²) in [5.74, 6) is 2.51. The number of rotatable bonds is 6. The number of ether oxygens (including phenoxy) is 2. The molecule has 2 fully saturated rings. The molecule has 4 heteroatoms. The van der Waals surface area contributed by atoms with Crippen molar-refractivity contribution in [3.8, 4) is 0 Å². The van der Waals surface area contributed by atoms with Crippen LogP contribution in [0, 0.1) is 0 Å². The highest BCUT2D eigenvalue weighted by molar-refractivity contribution is 7.99. The molecule has 2 unspecified atom stereocenters. The van der Waals surface area contributed by atoms with Crippen LogP contribution in [0.15, 0.2) is 0 Å². The van der Waals surface area contributed by atoms with Crippen molar-refractivity contribution in [2.75, 3.05) is 37.9 Å². The van der Waals surface area contributed by atoms with Crippen molar-refractivity contribution in [3.63, 3.8) is 0 Å². The molecule has 0 radical (unpaired) electrons. The number of nitrogens with one attached hydrogen (secondary N) is 1. The average Bonchev–Trinajstić information content (AvgIpc) is 2.77. The van der Waals surface area contributed by atoms with E-state index in [1.165, 1.54) is 17.9 Å². The molecule has 2 rings (SSSR count). The molecule has 2 atom stereocenters. The molecule has 0 aromatic carbocycles. The van der Waals surface area contributed by atoms with Crippen LogP contribution < -0.4 is 5.32 Å². The largest absolute Gasteiger partial charge is 0.378 e. The fraction of sp³-hybridized carbons (Fsp3) is 1.00. The van der Waals surface area contributed by atoms with Crippen molar-refractivity contribution >= 4 is 11.8 Å². The topological polar surface area (TPSA) is 30.5 Å². The van der Waals surface area contributed by atoms with Crippen molar-refractivity contribution in [1.82, 2.24) is 5.32 Å². The molecule has 1 spiro atoms. The summed E-state index contributed by atoms with van der Waals surface area (Å²) in [7, 11) is 0. The van der Waals surface area contributed by atoms with Gasteiger partial charge in [0.1, 0.15) is 0 Å². The van der Waals surface area contributed by atoms with Crippen molar-refractivity contribution in [3.05, 3.63) is 0 Å².